The van der Waals surface area contributed by atoms with E-state index in [1.807, 2.05) is 0 Å². The van der Waals surface area contributed by atoms with Crippen molar-refractivity contribution in [2.45, 2.75) is 12.4 Å². The topological polar surface area (TPSA) is 52.0 Å². The molecule has 2 rings (SSSR count). The molecule has 146 valence electrons. The predicted octanol–water partition coefficient (Wildman–Crippen LogP) is 3.65. The molecule has 0 saturated carbocycles. The lowest BCUT2D eigenvalue weighted by Crippen LogP contribution is -2.40. The van der Waals surface area contributed by atoms with Crippen molar-refractivity contribution in [3.05, 3.63) is 51.2 Å². The Bertz CT molecular complexity index is 950. The summed E-state index contributed by atoms with van der Waals surface area (Å²) in [5.41, 5.74) is -4.63. The van der Waals surface area contributed by atoms with Gasteiger partial charge >= 0.3 is 18.8 Å². The van der Waals surface area contributed by atoms with Gasteiger partial charge in [0.25, 0.3) is 5.56 Å². The van der Waals surface area contributed by atoms with Crippen LogP contribution < -0.4 is 10.0 Å². The van der Waals surface area contributed by atoms with E-state index in [4.69, 9.17) is 11.6 Å². The number of hydrogen-bond donors (Lipinski definition) is 0. The summed E-state index contributed by atoms with van der Waals surface area (Å²) >= 11 is 5.90. The highest BCUT2D eigenvalue weighted by Crippen LogP contribution is 2.40. The standard InChI is InChI=1S/C15H11ClF6N3O2/c1-25(2,7-26)10-4-8(14(17,18)19)3-9(16)13(10)24-6-23-11(5-12(24)27)15(20,21)22/h3-7H,1-2H3/q+1. The van der Waals surface area contributed by atoms with Crippen LogP contribution in [0.5, 0.6) is 0 Å². The number of benzene rings is 1. The van der Waals surface area contributed by atoms with Gasteiger partial charge in [-0.25, -0.2) is 14.3 Å². The molecule has 1 aromatic carbocycles. The third-order valence-electron chi connectivity index (χ3n) is 3.60. The summed E-state index contributed by atoms with van der Waals surface area (Å²) in [5, 5.41) is -0.587. The second-order valence-corrected chi connectivity index (χ2v) is 6.36. The van der Waals surface area contributed by atoms with Crippen LogP contribution in [0.15, 0.2) is 29.3 Å². The van der Waals surface area contributed by atoms with Gasteiger partial charge in [0.15, 0.2) is 11.4 Å². The molecule has 2 aromatic rings. The minimum Gasteiger partial charge on any atom is -0.269 e. The van der Waals surface area contributed by atoms with Crippen LogP contribution in [0, 0.1) is 0 Å². The lowest BCUT2D eigenvalue weighted by atomic mass is 10.1. The lowest BCUT2D eigenvalue weighted by molar-refractivity contribution is -0.141. The maximum Gasteiger partial charge on any atom is 0.433 e. The zero-order valence-electron chi connectivity index (χ0n) is 13.7. The third-order valence-corrected chi connectivity index (χ3v) is 3.88. The molecule has 0 aliphatic rings. The van der Waals surface area contributed by atoms with E-state index in [9.17, 15) is 35.9 Å². The molecule has 0 fully saturated rings. The first-order chi connectivity index (χ1) is 12.2. The molecule has 27 heavy (non-hydrogen) atoms. The number of nitrogens with zero attached hydrogens (tertiary/aromatic N) is 3. The Labute approximate surface area is 153 Å². The fourth-order valence-corrected chi connectivity index (χ4v) is 2.51. The zero-order chi connectivity index (χ0) is 20.8. The number of carbonyl (C=O) groups is 1. The highest BCUT2D eigenvalue weighted by molar-refractivity contribution is 6.33. The van der Waals surface area contributed by atoms with Gasteiger partial charge in [0.2, 0.25) is 0 Å². The number of rotatable bonds is 3. The fraction of sp³-hybridized carbons (Fsp3) is 0.267. The molecule has 1 aromatic heterocycles. The smallest absolute Gasteiger partial charge is 0.269 e. The summed E-state index contributed by atoms with van der Waals surface area (Å²) in [6, 6.07) is 1.29. The molecule has 0 spiro atoms. The number of aromatic nitrogens is 2. The number of quaternary nitrogens is 1. The van der Waals surface area contributed by atoms with Crippen molar-refractivity contribution in [1.82, 2.24) is 14.0 Å². The summed E-state index contributed by atoms with van der Waals surface area (Å²) < 4.78 is 77.0. The van der Waals surface area contributed by atoms with Crippen LogP contribution in [0.1, 0.15) is 11.3 Å². The van der Waals surface area contributed by atoms with Crippen molar-refractivity contribution in [2.75, 3.05) is 14.1 Å². The fourth-order valence-electron chi connectivity index (χ4n) is 2.21. The molecule has 0 aliphatic carbocycles. The first-order valence-corrected chi connectivity index (χ1v) is 7.44. The second kappa shape index (κ2) is 6.64. The average molecular weight is 415 g/mol. The molecule has 0 unspecified atom stereocenters. The number of carbonyl (C=O) groups excluding carboxylic acids is 1. The van der Waals surface area contributed by atoms with E-state index >= 15 is 0 Å². The molecule has 0 saturated heterocycles. The molecule has 0 aliphatic heterocycles. The van der Waals surface area contributed by atoms with E-state index in [1.165, 1.54) is 14.1 Å². The Morgan fingerprint density at radius 3 is 2.11 bits per heavy atom. The van der Waals surface area contributed by atoms with Crippen LogP contribution in [0.25, 0.3) is 5.69 Å². The van der Waals surface area contributed by atoms with Crippen LogP contribution in [-0.2, 0) is 17.1 Å². The maximum atomic E-state index is 13.1. The molecule has 5 nitrogen and oxygen atoms in total. The van der Waals surface area contributed by atoms with Crippen LogP contribution in [0.2, 0.25) is 5.02 Å². The van der Waals surface area contributed by atoms with Gasteiger partial charge in [-0.05, 0) is 6.07 Å². The molecule has 0 N–H and O–H groups in total. The SMILES string of the molecule is C[N+](C)(C=O)c1cc(C(F)(F)F)cc(Cl)c1-n1cnc(C(F)(F)F)cc1=O. The van der Waals surface area contributed by atoms with E-state index in [0.29, 0.717) is 23.0 Å². The van der Waals surface area contributed by atoms with E-state index in [-0.39, 0.29) is 23.9 Å². The first-order valence-electron chi connectivity index (χ1n) is 7.06. The van der Waals surface area contributed by atoms with E-state index in [0.717, 1.165) is 0 Å². The van der Waals surface area contributed by atoms with Gasteiger partial charge in [-0.2, -0.15) is 26.3 Å². The summed E-state index contributed by atoms with van der Waals surface area (Å²) in [6.07, 6.45) is -8.92. The summed E-state index contributed by atoms with van der Waals surface area (Å²) in [7, 11) is 2.43. The maximum absolute atomic E-state index is 13.1. The summed E-state index contributed by atoms with van der Waals surface area (Å²) in [6.45, 7) is 0. The molecule has 0 bridgehead atoms. The largest absolute Gasteiger partial charge is 0.433 e. The highest BCUT2D eigenvalue weighted by Gasteiger charge is 2.37. The van der Waals surface area contributed by atoms with Gasteiger partial charge in [-0.3, -0.25) is 9.36 Å². The van der Waals surface area contributed by atoms with E-state index in [1.54, 1.807) is 0 Å². The van der Waals surface area contributed by atoms with Gasteiger partial charge in [-0.1, -0.05) is 11.6 Å². The van der Waals surface area contributed by atoms with Gasteiger partial charge in [0.05, 0.1) is 24.7 Å². The van der Waals surface area contributed by atoms with Crippen molar-refractivity contribution in [1.29, 1.82) is 0 Å². The Hall–Kier alpha value is -2.40. The van der Waals surface area contributed by atoms with Crippen molar-refractivity contribution in [3.63, 3.8) is 0 Å². The normalized spacial score (nSPS) is 12.9. The Morgan fingerprint density at radius 2 is 1.67 bits per heavy atom. The Kier molecular flexibility index (Phi) is 5.14. The lowest BCUT2D eigenvalue weighted by Gasteiger charge is -2.25. The minimum atomic E-state index is -4.89. The van der Waals surface area contributed by atoms with Crippen molar-refractivity contribution < 1.29 is 31.1 Å². The average Bonchev–Trinajstić information content (AvgIpc) is 2.52. The van der Waals surface area contributed by atoms with Crippen LogP contribution >= 0.6 is 11.6 Å². The Balaban J connectivity index is 2.85. The van der Waals surface area contributed by atoms with Crippen molar-refractivity contribution in [2.24, 2.45) is 0 Å². The molecular weight excluding hydrogens is 404 g/mol. The van der Waals surface area contributed by atoms with Gasteiger partial charge in [0, 0.05) is 12.1 Å². The number of halogens is 7. The van der Waals surface area contributed by atoms with Crippen LogP contribution in [-0.4, -0.2) is 30.1 Å². The number of hydrogen-bond acceptors (Lipinski definition) is 3. The van der Waals surface area contributed by atoms with Crippen LogP contribution in [0.4, 0.5) is 32.0 Å². The molecule has 1 heterocycles. The zero-order valence-corrected chi connectivity index (χ0v) is 14.4. The molecule has 12 heteroatoms. The van der Waals surface area contributed by atoms with Crippen molar-refractivity contribution >= 4 is 23.7 Å². The van der Waals surface area contributed by atoms with Gasteiger partial charge in [0.1, 0.15) is 12.0 Å². The molecule has 0 atom stereocenters. The summed E-state index contributed by atoms with van der Waals surface area (Å²) in [5.74, 6) is 0. The van der Waals surface area contributed by atoms with E-state index in [2.05, 4.69) is 4.98 Å². The molecule has 0 radical (unpaired) electrons. The van der Waals surface area contributed by atoms with Gasteiger partial charge < -0.3 is 0 Å². The molecular formula is C15H11ClF6N3O2+. The number of amides is 1. The first kappa shape index (κ1) is 20.9. The predicted molar refractivity (Wildman–Crippen MR) is 84.6 cm³/mol. The molecule has 1 amide bonds. The summed E-state index contributed by atoms with van der Waals surface area (Å²) in [4.78, 5) is 26.6. The second-order valence-electron chi connectivity index (χ2n) is 5.95. The van der Waals surface area contributed by atoms with Gasteiger partial charge in [-0.15, -0.1) is 0 Å². The minimum absolute atomic E-state index is 0.179. The van der Waals surface area contributed by atoms with E-state index < -0.39 is 38.7 Å². The highest BCUT2D eigenvalue weighted by atomic mass is 35.5. The Morgan fingerprint density at radius 1 is 1.07 bits per heavy atom. The van der Waals surface area contributed by atoms with Crippen LogP contribution in [0.3, 0.4) is 0 Å². The quantitative estimate of drug-likeness (QED) is 0.438. The van der Waals surface area contributed by atoms with Crippen molar-refractivity contribution in [3.8, 4) is 5.69 Å². The monoisotopic (exact) mass is 414 g/mol. The third kappa shape index (κ3) is 4.14. The number of alkyl halides is 6.